The SMILES string of the molecule is CCOC(=O)C(Nc1cccc(N2CCOC2=O)c1)c1ccccc1. The van der Waals surface area contributed by atoms with Gasteiger partial charge in [-0.05, 0) is 30.7 Å². The zero-order chi connectivity index (χ0) is 17.6. The van der Waals surface area contributed by atoms with E-state index in [9.17, 15) is 9.59 Å². The lowest BCUT2D eigenvalue weighted by atomic mass is 10.1. The molecule has 0 aliphatic carbocycles. The third-order valence-corrected chi connectivity index (χ3v) is 3.88. The van der Waals surface area contributed by atoms with Crippen molar-refractivity contribution in [3.63, 3.8) is 0 Å². The van der Waals surface area contributed by atoms with Crippen molar-refractivity contribution in [1.29, 1.82) is 0 Å². The molecule has 0 aromatic heterocycles. The van der Waals surface area contributed by atoms with Crippen molar-refractivity contribution in [3.8, 4) is 0 Å². The van der Waals surface area contributed by atoms with Gasteiger partial charge >= 0.3 is 12.1 Å². The minimum atomic E-state index is -0.623. The summed E-state index contributed by atoms with van der Waals surface area (Å²) >= 11 is 0. The van der Waals surface area contributed by atoms with Gasteiger partial charge in [-0.1, -0.05) is 36.4 Å². The quantitative estimate of drug-likeness (QED) is 0.817. The number of anilines is 2. The molecule has 1 fully saturated rings. The van der Waals surface area contributed by atoms with E-state index in [2.05, 4.69) is 5.32 Å². The summed E-state index contributed by atoms with van der Waals surface area (Å²) in [5, 5.41) is 3.21. The zero-order valence-corrected chi connectivity index (χ0v) is 14.0. The highest BCUT2D eigenvalue weighted by molar-refractivity contribution is 5.90. The van der Waals surface area contributed by atoms with E-state index < -0.39 is 6.04 Å². The van der Waals surface area contributed by atoms with Gasteiger partial charge in [-0.2, -0.15) is 0 Å². The number of hydrogen-bond donors (Lipinski definition) is 1. The van der Waals surface area contributed by atoms with E-state index in [-0.39, 0.29) is 12.1 Å². The van der Waals surface area contributed by atoms with Gasteiger partial charge in [-0.25, -0.2) is 9.59 Å². The number of nitrogens with zero attached hydrogens (tertiary/aromatic N) is 1. The van der Waals surface area contributed by atoms with Crippen LogP contribution in [0.1, 0.15) is 18.5 Å². The molecule has 25 heavy (non-hydrogen) atoms. The summed E-state index contributed by atoms with van der Waals surface area (Å²) in [5.74, 6) is -0.348. The maximum absolute atomic E-state index is 12.4. The third-order valence-electron chi connectivity index (χ3n) is 3.88. The fourth-order valence-corrected chi connectivity index (χ4v) is 2.71. The number of esters is 1. The van der Waals surface area contributed by atoms with Crippen molar-refractivity contribution in [1.82, 2.24) is 0 Å². The summed E-state index contributed by atoms with van der Waals surface area (Å²) in [6, 6.07) is 16.1. The maximum Gasteiger partial charge on any atom is 0.414 e. The molecule has 1 aliphatic heterocycles. The Morgan fingerprint density at radius 1 is 1.24 bits per heavy atom. The second-order valence-corrected chi connectivity index (χ2v) is 5.56. The number of rotatable bonds is 6. The smallest absolute Gasteiger partial charge is 0.414 e. The fraction of sp³-hybridized carbons (Fsp3) is 0.263. The minimum absolute atomic E-state index is 0.309. The number of carbonyl (C=O) groups is 2. The highest BCUT2D eigenvalue weighted by Crippen LogP contribution is 2.26. The Balaban J connectivity index is 1.84. The van der Waals surface area contributed by atoms with Crippen LogP contribution in [-0.2, 0) is 14.3 Å². The van der Waals surface area contributed by atoms with E-state index in [1.807, 2.05) is 54.6 Å². The van der Waals surface area contributed by atoms with Crippen molar-refractivity contribution in [2.24, 2.45) is 0 Å². The zero-order valence-electron chi connectivity index (χ0n) is 14.0. The van der Waals surface area contributed by atoms with Crippen molar-refractivity contribution in [2.45, 2.75) is 13.0 Å². The summed E-state index contributed by atoms with van der Waals surface area (Å²) in [6.07, 6.45) is -0.359. The van der Waals surface area contributed by atoms with Gasteiger partial charge < -0.3 is 14.8 Å². The molecule has 1 saturated heterocycles. The molecule has 1 amide bonds. The Labute approximate surface area is 146 Å². The first kappa shape index (κ1) is 16.8. The van der Waals surface area contributed by atoms with E-state index in [4.69, 9.17) is 9.47 Å². The number of ether oxygens (including phenoxy) is 2. The molecule has 1 atom stereocenters. The van der Waals surface area contributed by atoms with Crippen LogP contribution in [0.2, 0.25) is 0 Å². The number of benzene rings is 2. The number of amides is 1. The Morgan fingerprint density at radius 2 is 2.04 bits per heavy atom. The Kier molecular flexibility index (Phi) is 5.18. The maximum atomic E-state index is 12.4. The van der Waals surface area contributed by atoms with Crippen LogP contribution in [0.4, 0.5) is 16.2 Å². The molecule has 6 heteroatoms. The molecule has 0 saturated carbocycles. The summed E-state index contributed by atoms with van der Waals surface area (Å²) < 4.78 is 10.2. The molecule has 2 aromatic carbocycles. The van der Waals surface area contributed by atoms with Crippen molar-refractivity contribution >= 4 is 23.4 Å². The standard InChI is InChI=1S/C19H20N2O4/c1-2-24-18(22)17(14-7-4-3-5-8-14)20-15-9-6-10-16(13-15)21-11-12-25-19(21)23/h3-10,13,17,20H,2,11-12H2,1H3. The molecule has 1 unspecified atom stereocenters. The van der Waals surface area contributed by atoms with Gasteiger partial charge in [0.05, 0.1) is 13.2 Å². The lowest BCUT2D eigenvalue weighted by Crippen LogP contribution is -2.25. The summed E-state index contributed by atoms with van der Waals surface area (Å²) in [5.41, 5.74) is 2.26. The Bertz CT molecular complexity index is 748. The van der Waals surface area contributed by atoms with E-state index >= 15 is 0 Å². The van der Waals surface area contributed by atoms with Crippen LogP contribution in [0.25, 0.3) is 0 Å². The summed E-state index contributed by atoms with van der Waals surface area (Å²) in [4.78, 5) is 25.7. The normalized spacial score (nSPS) is 14.8. The van der Waals surface area contributed by atoms with Crippen LogP contribution in [0, 0.1) is 0 Å². The van der Waals surface area contributed by atoms with E-state index in [1.54, 1.807) is 11.8 Å². The molecule has 0 bridgehead atoms. The molecule has 1 heterocycles. The third kappa shape index (κ3) is 3.91. The second kappa shape index (κ2) is 7.70. The first-order valence-corrected chi connectivity index (χ1v) is 8.21. The van der Waals surface area contributed by atoms with Gasteiger partial charge in [-0.15, -0.1) is 0 Å². The molecule has 0 radical (unpaired) electrons. The molecule has 6 nitrogen and oxygen atoms in total. The molecular formula is C19H20N2O4. The number of cyclic esters (lactones) is 1. The summed E-state index contributed by atoms with van der Waals surface area (Å²) in [7, 11) is 0. The highest BCUT2D eigenvalue weighted by Gasteiger charge is 2.25. The van der Waals surface area contributed by atoms with Crippen LogP contribution in [0.5, 0.6) is 0 Å². The minimum Gasteiger partial charge on any atom is -0.464 e. The molecule has 2 aromatic rings. The van der Waals surface area contributed by atoms with Crippen LogP contribution in [-0.4, -0.2) is 31.8 Å². The van der Waals surface area contributed by atoms with Gasteiger partial charge in [-0.3, -0.25) is 4.90 Å². The first-order chi connectivity index (χ1) is 12.2. The van der Waals surface area contributed by atoms with Crippen molar-refractivity contribution < 1.29 is 19.1 Å². The number of hydrogen-bond acceptors (Lipinski definition) is 5. The second-order valence-electron chi connectivity index (χ2n) is 5.56. The Hall–Kier alpha value is -3.02. The van der Waals surface area contributed by atoms with Crippen molar-refractivity contribution in [3.05, 3.63) is 60.2 Å². The van der Waals surface area contributed by atoms with E-state index in [0.29, 0.717) is 19.8 Å². The lowest BCUT2D eigenvalue weighted by Gasteiger charge is -2.20. The molecule has 3 rings (SSSR count). The fourth-order valence-electron chi connectivity index (χ4n) is 2.71. The molecular weight excluding hydrogens is 320 g/mol. The van der Waals surface area contributed by atoms with Gasteiger partial charge in [0.1, 0.15) is 6.61 Å². The average Bonchev–Trinajstić information content (AvgIpc) is 3.07. The highest BCUT2D eigenvalue weighted by atomic mass is 16.6. The first-order valence-electron chi connectivity index (χ1n) is 8.21. The number of nitrogens with one attached hydrogen (secondary N) is 1. The van der Waals surface area contributed by atoms with Gasteiger partial charge in [0, 0.05) is 11.4 Å². The van der Waals surface area contributed by atoms with Crippen LogP contribution < -0.4 is 10.2 Å². The predicted molar refractivity (Wildman–Crippen MR) is 94.6 cm³/mol. The van der Waals surface area contributed by atoms with Gasteiger partial charge in [0.2, 0.25) is 0 Å². The Morgan fingerprint density at radius 3 is 2.72 bits per heavy atom. The van der Waals surface area contributed by atoms with Gasteiger partial charge in [0.15, 0.2) is 6.04 Å². The molecule has 130 valence electrons. The van der Waals surface area contributed by atoms with Crippen LogP contribution in [0.3, 0.4) is 0 Å². The lowest BCUT2D eigenvalue weighted by molar-refractivity contribution is -0.144. The van der Waals surface area contributed by atoms with Crippen LogP contribution >= 0.6 is 0 Å². The topological polar surface area (TPSA) is 67.9 Å². The molecule has 1 N–H and O–H groups in total. The largest absolute Gasteiger partial charge is 0.464 e. The van der Waals surface area contributed by atoms with Crippen molar-refractivity contribution in [2.75, 3.05) is 30.0 Å². The van der Waals surface area contributed by atoms with E-state index in [1.165, 1.54) is 0 Å². The van der Waals surface area contributed by atoms with Gasteiger partial charge in [0.25, 0.3) is 0 Å². The molecule has 1 aliphatic rings. The average molecular weight is 340 g/mol. The molecule has 0 spiro atoms. The van der Waals surface area contributed by atoms with E-state index in [0.717, 1.165) is 16.9 Å². The predicted octanol–water partition coefficient (Wildman–Crippen LogP) is 3.36. The summed E-state index contributed by atoms with van der Waals surface area (Å²) in [6.45, 7) is 2.98. The van der Waals surface area contributed by atoms with Crippen LogP contribution in [0.15, 0.2) is 54.6 Å². The monoisotopic (exact) mass is 340 g/mol. The number of carbonyl (C=O) groups excluding carboxylic acids is 2.